The topological polar surface area (TPSA) is 35.8 Å². The molecule has 0 amide bonds. The van der Waals surface area contributed by atoms with E-state index in [2.05, 4.69) is 138 Å². The summed E-state index contributed by atoms with van der Waals surface area (Å²) in [7, 11) is 4.11. The van der Waals surface area contributed by atoms with Gasteiger partial charge < -0.3 is 10.0 Å². The SMILES string of the molecule is CN(C)c1ccccc1-c1ccccc1N=Cc1cc(C(C)(C)c2ccccc2)cc(C(C)(C)c2ccccc2)c1O. The van der Waals surface area contributed by atoms with Crippen molar-refractivity contribution in [3.63, 3.8) is 0 Å². The maximum Gasteiger partial charge on any atom is 0.128 e. The molecule has 0 aliphatic heterocycles. The maximum absolute atomic E-state index is 11.8. The van der Waals surface area contributed by atoms with Crippen LogP contribution in [0.2, 0.25) is 0 Å². The predicted octanol–water partition coefficient (Wildman–Crippen LogP) is 9.53. The van der Waals surface area contributed by atoms with Crippen molar-refractivity contribution in [1.82, 2.24) is 0 Å². The number of para-hydroxylation sites is 2. The number of aliphatic imine (C=N–C) groups is 1. The Morgan fingerprint density at radius 2 is 1.12 bits per heavy atom. The fourth-order valence-electron chi connectivity index (χ4n) is 5.67. The van der Waals surface area contributed by atoms with Crippen LogP contribution in [0.15, 0.2) is 126 Å². The lowest BCUT2D eigenvalue weighted by Crippen LogP contribution is -2.24. The average molecular weight is 553 g/mol. The van der Waals surface area contributed by atoms with Gasteiger partial charge in [-0.2, -0.15) is 0 Å². The molecule has 0 heterocycles. The van der Waals surface area contributed by atoms with Crippen molar-refractivity contribution < 1.29 is 5.11 Å². The van der Waals surface area contributed by atoms with Crippen LogP contribution in [0, 0.1) is 0 Å². The first kappa shape index (κ1) is 28.9. The van der Waals surface area contributed by atoms with Gasteiger partial charge in [0.2, 0.25) is 0 Å². The molecule has 0 radical (unpaired) electrons. The zero-order valence-corrected chi connectivity index (χ0v) is 25.5. The van der Waals surface area contributed by atoms with Gasteiger partial charge in [-0.15, -0.1) is 0 Å². The van der Waals surface area contributed by atoms with E-state index >= 15 is 0 Å². The molecular weight excluding hydrogens is 512 g/mol. The predicted molar refractivity (Wildman–Crippen MR) is 179 cm³/mol. The van der Waals surface area contributed by atoms with Gasteiger partial charge in [0.1, 0.15) is 5.75 Å². The molecule has 0 fully saturated rings. The van der Waals surface area contributed by atoms with Crippen molar-refractivity contribution in [2.45, 2.75) is 38.5 Å². The number of phenolic OH excluding ortho intramolecular Hbond substituents is 1. The monoisotopic (exact) mass is 552 g/mol. The van der Waals surface area contributed by atoms with Crippen LogP contribution in [0.25, 0.3) is 11.1 Å². The molecule has 42 heavy (non-hydrogen) atoms. The van der Waals surface area contributed by atoms with E-state index in [1.807, 2.05) is 36.5 Å². The molecular formula is C39H40N2O. The summed E-state index contributed by atoms with van der Waals surface area (Å²) in [6.07, 6.45) is 1.82. The van der Waals surface area contributed by atoms with E-state index in [1.54, 1.807) is 0 Å². The molecule has 0 saturated carbocycles. The van der Waals surface area contributed by atoms with Gasteiger partial charge >= 0.3 is 0 Å². The first-order valence-corrected chi connectivity index (χ1v) is 14.5. The van der Waals surface area contributed by atoms with Crippen molar-refractivity contribution in [2.24, 2.45) is 4.99 Å². The molecule has 5 aromatic carbocycles. The van der Waals surface area contributed by atoms with E-state index < -0.39 is 5.41 Å². The Kier molecular flexibility index (Phi) is 8.04. The van der Waals surface area contributed by atoms with Gasteiger partial charge in [0.05, 0.1) is 5.69 Å². The fraction of sp³-hybridized carbons (Fsp3) is 0.205. The van der Waals surface area contributed by atoms with Crippen molar-refractivity contribution in [3.05, 3.63) is 149 Å². The standard InChI is InChI=1S/C39H40N2O/c1-38(2,29-17-9-7-10-18-29)31-25-28(37(42)34(26-31)39(3,4)30-19-11-8-12-20-30)27-40-35-23-15-13-21-32(35)33-22-14-16-24-36(33)41(5)6/h7-27,42H,1-6H3. The maximum atomic E-state index is 11.8. The van der Waals surface area contributed by atoms with Crippen LogP contribution >= 0.6 is 0 Å². The van der Waals surface area contributed by atoms with E-state index in [4.69, 9.17) is 4.99 Å². The third-order valence-electron chi connectivity index (χ3n) is 8.45. The molecule has 212 valence electrons. The smallest absolute Gasteiger partial charge is 0.128 e. The lowest BCUT2D eigenvalue weighted by molar-refractivity contribution is 0.451. The molecule has 1 N–H and O–H groups in total. The molecule has 0 atom stereocenters. The highest BCUT2D eigenvalue weighted by molar-refractivity contribution is 5.91. The molecule has 0 aliphatic rings. The van der Waals surface area contributed by atoms with Crippen LogP contribution in [-0.2, 0) is 10.8 Å². The Bertz CT molecular complexity index is 1700. The molecule has 0 saturated heterocycles. The second-order valence-electron chi connectivity index (χ2n) is 12.1. The molecule has 3 heteroatoms. The number of benzene rings is 5. The minimum Gasteiger partial charge on any atom is -0.507 e. The van der Waals surface area contributed by atoms with E-state index in [1.165, 1.54) is 5.56 Å². The average Bonchev–Trinajstić information content (AvgIpc) is 3.01. The van der Waals surface area contributed by atoms with Gasteiger partial charge in [0.25, 0.3) is 0 Å². The number of nitrogens with zero attached hydrogens (tertiary/aromatic N) is 2. The lowest BCUT2D eigenvalue weighted by Gasteiger charge is -2.32. The highest BCUT2D eigenvalue weighted by Gasteiger charge is 2.31. The van der Waals surface area contributed by atoms with Crippen LogP contribution in [0.4, 0.5) is 11.4 Å². The number of aromatic hydroxyl groups is 1. The number of phenols is 1. The Morgan fingerprint density at radius 1 is 0.595 bits per heavy atom. The molecule has 0 spiro atoms. The normalized spacial score (nSPS) is 12.0. The molecule has 5 rings (SSSR count). The number of anilines is 1. The van der Waals surface area contributed by atoms with Crippen LogP contribution in [-0.4, -0.2) is 25.4 Å². The number of rotatable bonds is 8. The van der Waals surface area contributed by atoms with Gasteiger partial charge in [0, 0.05) is 59.1 Å². The van der Waals surface area contributed by atoms with Crippen molar-refractivity contribution in [3.8, 4) is 16.9 Å². The van der Waals surface area contributed by atoms with Crippen LogP contribution < -0.4 is 4.90 Å². The molecule has 3 nitrogen and oxygen atoms in total. The van der Waals surface area contributed by atoms with Gasteiger partial charge in [-0.25, -0.2) is 0 Å². The third-order valence-corrected chi connectivity index (χ3v) is 8.45. The number of hydrogen-bond donors (Lipinski definition) is 1. The summed E-state index contributed by atoms with van der Waals surface area (Å²) in [6, 6.07) is 41.7. The largest absolute Gasteiger partial charge is 0.507 e. The molecule has 0 unspecified atom stereocenters. The van der Waals surface area contributed by atoms with E-state index in [9.17, 15) is 5.11 Å². The summed E-state index contributed by atoms with van der Waals surface area (Å²) in [5, 5.41) is 11.8. The zero-order valence-electron chi connectivity index (χ0n) is 25.5. The van der Waals surface area contributed by atoms with E-state index in [-0.39, 0.29) is 11.2 Å². The Morgan fingerprint density at radius 3 is 1.74 bits per heavy atom. The minimum absolute atomic E-state index is 0.256. The third kappa shape index (κ3) is 5.60. The summed E-state index contributed by atoms with van der Waals surface area (Å²) in [6.45, 7) is 8.82. The van der Waals surface area contributed by atoms with E-state index in [0.717, 1.165) is 39.2 Å². The Hall–Kier alpha value is -4.63. The summed E-state index contributed by atoms with van der Waals surface area (Å²) in [4.78, 5) is 7.12. The highest BCUT2D eigenvalue weighted by atomic mass is 16.3. The Balaban J connectivity index is 1.68. The minimum atomic E-state index is -0.431. The van der Waals surface area contributed by atoms with Crippen molar-refractivity contribution >= 4 is 17.6 Å². The summed E-state index contributed by atoms with van der Waals surface area (Å²) >= 11 is 0. The van der Waals surface area contributed by atoms with Crippen molar-refractivity contribution in [2.75, 3.05) is 19.0 Å². The fourth-order valence-corrected chi connectivity index (χ4v) is 5.67. The Labute approximate surface area is 250 Å². The lowest BCUT2D eigenvalue weighted by atomic mass is 9.72. The summed E-state index contributed by atoms with van der Waals surface area (Å²) in [5.74, 6) is 0.256. The first-order chi connectivity index (χ1) is 20.1. The summed E-state index contributed by atoms with van der Waals surface area (Å²) < 4.78 is 0. The molecule has 0 aliphatic carbocycles. The van der Waals surface area contributed by atoms with E-state index in [0.29, 0.717) is 5.56 Å². The van der Waals surface area contributed by atoms with Gasteiger partial charge in [-0.3, -0.25) is 4.99 Å². The molecule has 0 bridgehead atoms. The van der Waals surface area contributed by atoms with Crippen LogP contribution in [0.1, 0.15) is 55.5 Å². The summed E-state index contributed by atoms with van der Waals surface area (Å²) in [5.41, 5.74) is 8.47. The number of hydrogen-bond acceptors (Lipinski definition) is 3. The van der Waals surface area contributed by atoms with Gasteiger partial charge in [-0.05, 0) is 34.9 Å². The van der Waals surface area contributed by atoms with Gasteiger partial charge in [-0.1, -0.05) is 131 Å². The first-order valence-electron chi connectivity index (χ1n) is 14.5. The second kappa shape index (κ2) is 11.7. The molecule has 5 aromatic rings. The highest BCUT2D eigenvalue weighted by Crippen LogP contribution is 2.43. The van der Waals surface area contributed by atoms with Crippen molar-refractivity contribution in [1.29, 1.82) is 0 Å². The quantitative estimate of drug-likeness (QED) is 0.195. The van der Waals surface area contributed by atoms with Gasteiger partial charge in [0.15, 0.2) is 0 Å². The van der Waals surface area contributed by atoms with Crippen LogP contribution in [0.5, 0.6) is 5.75 Å². The zero-order chi connectivity index (χ0) is 29.9. The van der Waals surface area contributed by atoms with Crippen LogP contribution in [0.3, 0.4) is 0 Å². The molecule has 0 aromatic heterocycles. The second-order valence-corrected chi connectivity index (χ2v) is 12.1.